The number of thiophene rings is 1. The summed E-state index contributed by atoms with van der Waals surface area (Å²) >= 11 is 0.603. The molecule has 2 aromatic heterocycles. The van der Waals surface area contributed by atoms with Crippen LogP contribution in [-0.4, -0.2) is 21.0 Å². The largest absolute Gasteiger partial charge is 0.477 e. The Balaban J connectivity index is 2.14. The lowest BCUT2D eigenvalue weighted by Crippen LogP contribution is -2.11. The lowest BCUT2D eigenvalue weighted by molar-refractivity contribution is -0.134. The minimum atomic E-state index is -4.37. The molecule has 2 heterocycles. The summed E-state index contributed by atoms with van der Waals surface area (Å²) in [6, 6.07) is 1.79. The molecule has 9 heteroatoms. The van der Waals surface area contributed by atoms with Gasteiger partial charge < -0.3 is 10.4 Å². The van der Waals surface area contributed by atoms with E-state index in [1.807, 2.05) is 0 Å². The second-order valence-corrected chi connectivity index (χ2v) is 5.09. The molecule has 0 fully saturated rings. The molecule has 0 aliphatic heterocycles. The van der Waals surface area contributed by atoms with E-state index in [0.717, 1.165) is 6.07 Å². The topological polar surface area (TPSA) is 75.1 Å². The van der Waals surface area contributed by atoms with Crippen LogP contribution in [0.3, 0.4) is 0 Å². The molecule has 0 radical (unpaired) electrons. The summed E-state index contributed by atoms with van der Waals surface area (Å²) in [5.41, 5.74) is 0.234. The van der Waals surface area contributed by atoms with Crippen LogP contribution in [0.2, 0.25) is 0 Å². The van der Waals surface area contributed by atoms with Gasteiger partial charge in [0.05, 0.1) is 6.04 Å². The molecule has 0 aliphatic rings. The van der Waals surface area contributed by atoms with E-state index >= 15 is 0 Å². The van der Waals surface area contributed by atoms with Gasteiger partial charge in [0.25, 0.3) is 0 Å². The number of hydrogen-bond acceptors (Lipinski definition) is 5. The molecule has 5 nitrogen and oxygen atoms in total. The second-order valence-electron chi connectivity index (χ2n) is 4.18. The molecule has 112 valence electrons. The van der Waals surface area contributed by atoms with E-state index in [-0.39, 0.29) is 11.6 Å². The monoisotopic (exact) mass is 317 g/mol. The van der Waals surface area contributed by atoms with E-state index in [1.165, 1.54) is 17.6 Å². The van der Waals surface area contributed by atoms with E-state index in [1.54, 1.807) is 6.92 Å². The molecular weight excluding hydrogens is 307 g/mol. The number of carboxylic acids is 1. The molecule has 0 saturated heterocycles. The molecule has 2 N–H and O–H groups in total. The molecule has 0 aliphatic carbocycles. The van der Waals surface area contributed by atoms with Crippen molar-refractivity contribution in [1.29, 1.82) is 0 Å². The molecule has 0 aromatic carbocycles. The van der Waals surface area contributed by atoms with E-state index in [2.05, 4.69) is 15.3 Å². The zero-order valence-electron chi connectivity index (χ0n) is 10.7. The Morgan fingerprint density at radius 3 is 2.76 bits per heavy atom. The van der Waals surface area contributed by atoms with Crippen LogP contribution < -0.4 is 5.32 Å². The predicted molar refractivity (Wildman–Crippen MR) is 70.4 cm³/mol. The molecule has 0 bridgehead atoms. The van der Waals surface area contributed by atoms with Crippen molar-refractivity contribution in [3.05, 3.63) is 39.8 Å². The Bertz CT molecular complexity index is 657. The van der Waals surface area contributed by atoms with Gasteiger partial charge in [-0.05, 0) is 30.0 Å². The molecule has 0 saturated carbocycles. The number of halogens is 3. The lowest BCUT2D eigenvalue weighted by atomic mass is 10.2. The van der Waals surface area contributed by atoms with Crippen molar-refractivity contribution in [3.8, 4) is 0 Å². The Hall–Kier alpha value is -2.16. The molecule has 2 aromatic rings. The number of carbonyl (C=O) groups is 1. The van der Waals surface area contributed by atoms with Crippen molar-refractivity contribution in [2.75, 3.05) is 5.32 Å². The van der Waals surface area contributed by atoms with Crippen molar-refractivity contribution in [2.24, 2.45) is 0 Å². The molecule has 1 unspecified atom stereocenters. The van der Waals surface area contributed by atoms with Crippen LogP contribution in [0.15, 0.2) is 23.7 Å². The number of hydrogen-bond donors (Lipinski definition) is 2. The van der Waals surface area contributed by atoms with Gasteiger partial charge in [-0.3, -0.25) is 0 Å². The van der Waals surface area contributed by atoms with Crippen molar-refractivity contribution in [1.82, 2.24) is 9.97 Å². The average Bonchev–Trinajstić information content (AvgIpc) is 2.88. The lowest BCUT2D eigenvalue weighted by Gasteiger charge is -2.12. The van der Waals surface area contributed by atoms with Gasteiger partial charge in [0, 0.05) is 6.20 Å². The summed E-state index contributed by atoms with van der Waals surface area (Å²) in [7, 11) is 0. The maximum Gasteiger partial charge on any atom is 0.425 e. The molecule has 2 rings (SSSR count). The van der Waals surface area contributed by atoms with Gasteiger partial charge in [0.15, 0.2) is 5.69 Å². The maximum absolute atomic E-state index is 12.5. The van der Waals surface area contributed by atoms with E-state index in [0.29, 0.717) is 16.9 Å². The van der Waals surface area contributed by atoms with E-state index in [4.69, 9.17) is 5.11 Å². The smallest absolute Gasteiger partial charge is 0.425 e. The highest BCUT2D eigenvalue weighted by Gasteiger charge is 2.32. The first kappa shape index (κ1) is 15.2. The van der Waals surface area contributed by atoms with Crippen LogP contribution in [0.1, 0.15) is 33.9 Å². The van der Waals surface area contributed by atoms with Crippen LogP contribution >= 0.6 is 11.3 Å². The summed E-state index contributed by atoms with van der Waals surface area (Å²) < 4.78 is 37.6. The standard InChI is InChI=1S/C12H10F3N3O2S/c1-6(7-4-9(21-5-7)12(13,14)15)17-11-16-3-2-8(18-11)10(19)20/h2-6H,1H3,(H,19,20)(H,16,17,18). The Morgan fingerprint density at radius 1 is 1.48 bits per heavy atom. The number of aromatic carboxylic acids is 1. The van der Waals surface area contributed by atoms with Crippen molar-refractivity contribution in [3.63, 3.8) is 0 Å². The Morgan fingerprint density at radius 2 is 2.19 bits per heavy atom. The number of rotatable bonds is 4. The molecular formula is C12H10F3N3O2S. The fourth-order valence-electron chi connectivity index (χ4n) is 1.55. The summed E-state index contributed by atoms with van der Waals surface area (Å²) in [5, 5.41) is 13.0. The van der Waals surface area contributed by atoms with Gasteiger partial charge in [-0.15, -0.1) is 11.3 Å². The fourth-order valence-corrected chi connectivity index (χ4v) is 2.42. The fraction of sp³-hybridized carbons (Fsp3) is 0.250. The third-order valence-corrected chi connectivity index (χ3v) is 3.61. The van der Waals surface area contributed by atoms with Gasteiger partial charge in [0.2, 0.25) is 5.95 Å². The average molecular weight is 317 g/mol. The SMILES string of the molecule is CC(Nc1nccc(C(=O)O)n1)c1csc(C(F)(F)F)c1. The van der Waals surface area contributed by atoms with Crippen LogP contribution in [-0.2, 0) is 6.18 Å². The Kier molecular flexibility index (Phi) is 4.12. The van der Waals surface area contributed by atoms with Crippen LogP contribution in [0, 0.1) is 0 Å². The van der Waals surface area contributed by atoms with Crippen molar-refractivity contribution in [2.45, 2.75) is 19.1 Å². The molecule has 0 amide bonds. The number of nitrogens with zero attached hydrogens (tertiary/aromatic N) is 2. The minimum absolute atomic E-state index is 0.0437. The third kappa shape index (κ3) is 3.69. The maximum atomic E-state index is 12.5. The number of alkyl halides is 3. The highest BCUT2D eigenvalue weighted by molar-refractivity contribution is 7.10. The summed E-state index contributed by atoms with van der Waals surface area (Å²) in [4.78, 5) is 17.7. The van der Waals surface area contributed by atoms with Gasteiger partial charge >= 0.3 is 12.1 Å². The number of nitrogens with one attached hydrogen (secondary N) is 1. The van der Waals surface area contributed by atoms with Gasteiger partial charge in [-0.1, -0.05) is 0 Å². The molecule has 0 spiro atoms. The number of carboxylic acid groups (broad SMARTS) is 1. The van der Waals surface area contributed by atoms with Crippen molar-refractivity contribution < 1.29 is 23.1 Å². The second kappa shape index (κ2) is 5.68. The zero-order chi connectivity index (χ0) is 15.6. The summed E-state index contributed by atoms with van der Waals surface area (Å²) in [5.74, 6) is -1.16. The number of aromatic nitrogens is 2. The van der Waals surface area contributed by atoms with Gasteiger partial charge in [-0.25, -0.2) is 14.8 Å². The third-order valence-electron chi connectivity index (χ3n) is 2.62. The first-order valence-electron chi connectivity index (χ1n) is 5.76. The van der Waals surface area contributed by atoms with E-state index < -0.39 is 23.1 Å². The van der Waals surface area contributed by atoms with Gasteiger partial charge in [-0.2, -0.15) is 13.2 Å². The summed E-state index contributed by atoms with van der Waals surface area (Å²) in [6.45, 7) is 1.64. The van der Waals surface area contributed by atoms with Crippen molar-refractivity contribution >= 4 is 23.3 Å². The quantitative estimate of drug-likeness (QED) is 0.903. The normalized spacial score (nSPS) is 13.0. The number of anilines is 1. The first-order valence-corrected chi connectivity index (χ1v) is 6.64. The van der Waals surface area contributed by atoms with Crippen LogP contribution in [0.25, 0.3) is 0 Å². The molecule has 21 heavy (non-hydrogen) atoms. The highest BCUT2D eigenvalue weighted by Crippen LogP contribution is 2.35. The summed E-state index contributed by atoms with van der Waals surface area (Å²) in [6.07, 6.45) is -3.11. The first-order chi connectivity index (χ1) is 9.77. The van der Waals surface area contributed by atoms with E-state index in [9.17, 15) is 18.0 Å². The van der Waals surface area contributed by atoms with Crippen LogP contribution in [0.5, 0.6) is 0 Å². The minimum Gasteiger partial charge on any atom is -0.477 e. The Labute approximate surface area is 121 Å². The predicted octanol–water partition coefficient (Wildman–Crippen LogP) is 3.43. The van der Waals surface area contributed by atoms with Gasteiger partial charge in [0.1, 0.15) is 4.88 Å². The zero-order valence-corrected chi connectivity index (χ0v) is 11.5. The highest BCUT2D eigenvalue weighted by atomic mass is 32.1. The molecule has 1 atom stereocenters. The van der Waals surface area contributed by atoms with Crippen LogP contribution in [0.4, 0.5) is 19.1 Å².